The van der Waals surface area contributed by atoms with E-state index in [2.05, 4.69) is 5.32 Å². The normalized spacial score (nSPS) is 11.6. The number of carbonyl (C=O) groups excluding carboxylic acids is 2. The van der Waals surface area contributed by atoms with Crippen molar-refractivity contribution in [2.45, 2.75) is 26.9 Å². The summed E-state index contributed by atoms with van der Waals surface area (Å²) in [5, 5.41) is 22.8. The van der Waals surface area contributed by atoms with Gasteiger partial charge >= 0.3 is 5.97 Å². The molecule has 0 fully saturated rings. The lowest BCUT2D eigenvalue weighted by molar-refractivity contribution is -0.384. The molecule has 2 N–H and O–H groups in total. The number of ketones is 1. The highest BCUT2D eigenvalue weighted by Crippen LogP contribution is 2.24. The fraction of sp³-hybridized carbons (Fsp3) is 0.300. The molecule has 0 amide bonds. The van der Waals surface area contributed by atoms with Crippen molar-refractivity contribution in [2.24, 2.45) is 0 Å². The van der Waals surface area contributed by atoms with Crippen LogP contribution in [0, 0.1) is 24.0 Å². The maximum Gasteiger partial charge on any atom is 0.341 e. The standard InChI is InChI=1S/C20H22N2O6/c1-12-4-5-15(10-13(12)2)19(24)14(3)28-20(25)17-11-16(22(26)27)6-7-18(17)21-8-9-23/h4-7,10-11,14,21,23H,8-9H2,1-3H3/t14-/m0/s1. The molecule has 2 aromatic carbocycles. The Labute approximate surface area is 162 Å². The Morgan fingerprint density at radius 1 is 1.18 bits per heavy atom. The first-order valence-corrected chi connectivity index (χ1v) is 8.70. The second-order valence-electron chi connectivity index (χ2n) is 6.35. The van der Waals surface area contributed by atoms with Crippen LogP contribution in [-0.4, -0.2) is 41.0 Å². The molecule has 148 valence electrons. The molecule has 0 aliphatic rings. The number of hydrogen-bond donors (Lipinski definition) is 2. The highest BCUT2D eigenvalue weighted by Gasteiger charge is 2.24. The minimum atomic E-state index is -1.07. The Morgan fingerprint density at radius 2 is 1.89 bits per heavy atom. The fourth-order valence-corrected chi connectivity index (χ4v) is 2.57. The summed E-state index contributed by atoms with van der Waals surface area (Å²) in [7, 11) is 0. The lowest BCUT2D eigenvalue weighted by atomic mass is 10.0. The average Bonchev–Trinajstić information content (AvgIpc) is 2.67. The van der Waals surface area contributed by atoms with Crippen molar-refractivity contribution >= 4 is 23.1 Å². The third-order valence-electron chi connectivity index (χ3n) is 4.31. The van der Waals surface area contributed by atoms with Gasteiger partial charge in [0, 0.05) is 29.9 Å². The molecular formula is C20H22N2O6. The minimum Gasteiger partial charge on any atom is -0.451 e. The maximum absolute atomic E-state index is 12.6. The van der Waals surface area contributed by atoms with Crippen LogP contribution in [0.4, 0.5) is 11.4 Å². The number of aliphatic hydroxyl groups excluding tert-OH is 1. The predicted molar refractivity (Wildman–Crippen MR) is 104 cm³/mol. The topological polar surface area (TPSA) is 119 Å². The second-order valence-corrected chi connectivity index (χ2v) is 6.35. The summed E-state index contributed by atoms with van der Waals surface area (Å²) < 4.78 is 5.26. The molecule has 0 saturated heterocycles. The number of hydrogen-bond acceptors (Lipinski definition) is 7. The average molecular weight is 386 g/mol. The van der Waals surface area contributed by atoms with E-state index in [1.807, 2.05) is 19.9 Å². The summed E-state index contributed by atoms with van der Waals surface area (Å²) in [5.74, 6) is -1.24. The molecule has 0 aliphatic heterocycles. The third-order valence-corrected chi connectivity index (χ3v) is 4.31. The van der Waals surface area contributed by atoms with E-state index in [0.29, 0.717) is 5.56 Å². The zero-order valence-electron chi connectivity index (χ0n) is 15.9. The Hall–Kier alpha value is -3.26. The van der Waals surface area contributed by atoms with Gasteiger partial charge in [-0.2, -0.15) is 0 Å². The summed E-state index contributed by atoms with van der Waals surface area (Å²) in [5.41, 5.74) is 2.31. The van der Waals surface area contributed by atoms with E-state index >= 15 is 0 Å². The Kier molecular flexibility index (Phi) is 6.84. The summed E-state index contributed by atoms with van der Waals surface area (Å²) in [4.78, 5) is 35.5. The minimum absolute atomic E-state index is 0.0811. The Bertz CT molecular complexity index is 910. The van der Waals surface area contributed by atoms with Crippen molar-refractivity contribution in [3.8, 4) is 0 Å². The monoisotopic (exact) mass is 386 g/mol. The summed E-state index contributed by atoms with van der Waals surface area (Å²) >= 11 is 0. The lowest BCUT2D eigenvalue weighted by Crippen LogP contribution is -2.25. The van der Waals surface area contributed by atoms with E-state index in [-0.39, 0.29) is 35.9 Å². The number of aryl methyl sites for hydroxylation is 2. The van der Waals surface area contributed by atoms with Gasteiger partial charge in [0.05, 0.1) is 17.1 Å². The van der Waals surface area contributed by atoms with Gasteiger partial charge in [-0.05, 0) is 44.0 Å². The molecule has 1 atom stereocenters. The van der Waals surface area contributed by atoms with Gasteiger partial charge in [0.2, 0.25) is 5.78 Å². The highest BCUT2D eigenvalue weighted by molar-refractivity contribution is 6.03. The number of nitro groups is 1. The van der Waals surface area contributed by atoms with Crippen molar-refractivity contribution in [1.82, 2.24) is 0 Å². The van der Waals surface area contributed by atoms with Gasteiger partial charge in [-0.3, -0.25) is 14.9 Å². The SMILES string of the molecule is Cc1ccc(C(=O)[C@H](C)OC(=O)c2cc([N+](=O)[O-])ccc2NCCO)cc1C. The number of rotatable bonds is 8. The van der Waals surface area contributed by atoms with Gasteiger partial charge in [-0.15, -0.1) is 0 Å². The molecule has 2 aromatic rings. The number of nitrogens with zero attached hydrogens (tertiary/aromatic N) is 1. The van der Waals surface area contributed by atoms with E-state index in [1.165, 1.54) is 19.1 Å². The predicted octanol–water partition coefficient (Wildman–Crippen LogP) is 3.04. The smallest absolute Gasteiger partial charge is 0.341 e. The van der Waals surface area contributed by atoms with Crippen LogP contribution in [0.2, 0.25) is 0 Å². The molecule has 0 aromatic heterocycles. The zero-order valence-corrected chi connectivity index (χ0v) is 15.9. The number of ether oxygens (including phenoxy) is 1. The van der Waals surface area contributed by atoms with Crippen LogP contribution in [-0.2, 0) is 4.74 Å². The highest BCUT2D eigenvalue weighted by atomic mass is 16.6. The molecule has 0 unspecified atom stereocenters. The number of nitro benzene ring substituents is 1. The van der Waals surface area contributed by atoms with Crippen molar-refractivity contribution in [2.75, 3.05) is 18.5 Å². The number of non-ortho nitro benzene ring substituents is 1. The molecule has 2 rings (SSSR count). The maximum atomic E-state index is 12.6. The zero-order chi connectivity index (χ0) is 20.8. The van der Waals surface area contributed by atoms with Gasteiger partial charge < -0.3 is 15.2 Å². The Morgan fingerprint density at radius 3 is 2.50 bits per heavy atom. The lowest BCUT2D eigenvalue weighted by Gasteiger charge is -2.15. The number of Topliss-reactive ketones (excluding diaryl/α,β-unsaturated/α-hetero) is 1. The molecular weight excluding hydrogens is 364 g/mol. The number of esters is 1. The van der Waals surface area contributed by atoms with Crippen LogP contribution in [0.3, 0.4) is 0 Å². The van der Waals surface area contributed by atoms with E-state index in [0.717, 1.165) is 17.2 Å². The van der Waals surface area contributed by atoms with E-state index in [1.54, 1.807) is 12.1 Å². The summed E-state index contributed by atoms with van der Waals surface area (Å²) in [6, 6.07) is 8.88. The molecule has 0 bridgehead atoms. The van der Waals surface area contributed by atoms with Crippen molar-refractivity contribution < 1.29 is 24.4 Å². The first kappa shape index (κ1) is 21.0. The van der Waals surface area contributed by atoms with Crippen LogP contribution in [0.5, 0.6) is 0 Å². The number of anilines is 1. The Balaban J connectivity index is 2.24. The molecule has 0 heterocycles. The van der Waals surface area contributed by atoms with Crippen molar-refractivity contribution in [3.05, 3.63) is 68.8 Å². The quantitative estimate of drug-likeness (QED) is 0.310. The first-order valence-electron chi connectivity index (χ1n) is 8.70. The van der Waals surface area contributed by atoms with Crippen LogP contribution >= 0.6 is 0 Å². The van der Waals surface area contributed by atoms with Gasteiger partial charge in [0.25, 0.3) is 5.69 Å². The second kappa shape index (κ2) is 9.09. The summed E-state index contributed by atoms with van der Waals surface area (Å²) in [6.07, 6.45) is -1.07. The largest absolute Gasteiger partial charge is 0.451 e. The van der Waals surface area contributed by atoms with Crippen LogP contribution in [0.15, 0.2) is 36.4 Å². The molecule has 0 saturated carbocycles. The molecule has 8 nitrogen and oxygen atoms in total. The van der Waals surface area contributed by atoms with Crippen LogP contribution < -0.4 is 5.32 Å². The van der Waals surface area contributed by atoms with E-state index < -0.39 is 17.0 Å². The summed E-state index contributed by atoms with van der Waals surface area (Å²) in [6.45, 7) is 5.22. The van der Waals surface area contributed by atoms with Gasteiger partial charge in [-0.1, -0.05) is 12.1 Å². The van der Waals surface area contributed by atoms with Crippen molar-refractivity contribution in [1.29, 1.82) is 0 Å². The number of carbonyl (C=O) groups is 2. The van der Waals surface area contributed by atoms with Gasteiger partial charge in [-0.25, -0.2) is 4.79 Å². The fourth-order valence-electron chi connectivity index (χ4n) is 2.57. The molecule has 28 heavy (non-hydrogen) atoms. The molecule has 0 spiro atoms. The number of nitrogens with one attached hydrogen (secondary N) is 1. The van der Waals surface area contributed by atoms with Crippen LogP contribution in [0.25, 0.3) is 0 Å². The van der Waals surface area contributed by atoms with Crippen molar-refractivity contribution in [3.63, 3.8) is 0 Å². The van der Waals surface area contributed by atoms with E-state index in [4.69, 9.17) is 9.84 Å². The number of benzene rings is 2. The molecule has 0 aliphatic carbocycles. The van der Waals surface area contributed by atoms with Crippen LogP contribution in [0.1, 0.15) is 38.8 Å². The van der Waals surface area contributed by atoms with E-state index in [9.17, 15) is 19.7 Å². The van der Waals surface area contributed by atoms with Gasteiger partial charge in [0.1, 0.15) is 0 Å². The third kappa shape index (κ3) is 4.92. The number of aliphatic hydroxyl groups is 1. The molecule has 8 heteroatoms. The first-order chi connectivity index (χ1) is 13.2. The molecule has 0 radical (unpaired) electrons. The van der Waals surface area contributed by atoms with Gasteiger partial charge in [0.15, 0.2) is 6.10 Å².